The van der Waals surface area contributed by atoms with Gasteiger partial charge in [0.05, 0.1) is 17.6 Å². The number of hydrogen-bond donors (Lipinski definition) is 4. The van der Waals surface area contributed by atoms with Crippen LogP contribution in [0.5, 0.6) is 0 Å². The van der Waals surface area contributed by atoms with E-state index in [2.05, 4.69) is 20.6 Å². The van der Waals surface area contributed by atoms with E-state index in [1.54, 1.807) is 18.2 Å². The smallest absolute Gasteiger partial charge is 0.323 e. The number of amides is 2. The van der Waals surface area contributed by atoms with E-state index in [9.17, 15) is 14.4 Å². The standard InChI is InChI=1S/C18H24N4O3/c23-16(9-6-12-4-2-1-3-5-12)19-11-17(24)20-13-7-8-14-15(10-13)22-18(25)21-14/h7-8,10,12H,1-6,9,11H2,(H,19,23)(H,20,24)(H2,21,22,25). The molecule has 0 spiro atoms. The number of hydrogen-bond acceptors (Lipinski definition) is 3. The first-order valence-corrected chi connectivity index (χ1v) is 8.89. The van der Waals surface area contributed by atoms with Gasteiger partial charge in [-0.05, 0) is 30.5 Å². The summed E-state index contributed by atoms with van der Waals surface area (Å²) >= 11 is 0. The molecule has 7 nitrogen and oxygen atoms in total. The summed E-state index contributed by atoms with van der Waals surface area (Å²) in [6, 6.07) is 5.09. The highest BCUT2D eigenvalue weighted by Gasteiger charge is 2.15. The Morgan fingerprint density at radius 3 is 2.60 bits per heavy atom. The lowest BCUT2D eigenvalue weighted by Gasteiger charge is -2.20. The second-order valence-electron chi connectivity index (χ2n) is 6.71. The number of aromatic nitrogens is 2. The number of carbonyl (C=O) groups excluding carboxylic acids is 2. The molecule has 1 fully saturated rings. The molecule has 25 heavy (non-hydrogen) atoms. The van der Waals surface area contributed by atoms with Gasteiger partial charge in [-0.3, -0.25) is 9.59 Å². The first kappa shape index (κ1) is 17.3. The number of anilines is 1. The molecule has 0 unspecified atom stereocenters. The van der Waals surface area contributed by atoms with Crippen LogP contribution in [0.25, 0.3) is 11.0 Å². The zero-order valence-electron chi connectivity index (χ0n) is 14.2. The van der Waals surface area contributed by atoms with E-state index in [0.29, 0.717) is 29.1 Å². The Labute approximate surface area is 145 Å². The molecular weight excluding hydrogens is 320 g/mol. The molecule has 1 heterocycles. The van der Waals surface area contributed by atoms with Crippen LogP contribution in [0.15, 0.2) is 23.0 Å². The lowest BCUT2D eigenvalue weighted by atomic mass is 9.86. The van der Waals surface area contributed by atoms with Gasteiger partial charge in [-0.15, -0.1) is 0 Å². The van der Waals surface area contributed by atoms with E-state index >= 15 is 0 Å². The van der Waals surface area contributed by atoms with E-state index in [4.69, 9.17) is 0 Å². The van der Waals surface area contributed by atoms with E-state index in [-0.39, 0.29) is 24.0 Å². The number of aromatic amines is 2. The second kappa shape index (κ2) is 8.00. The number of benzene rings is 1. The van der Waals surface area contributed by atoms with Crippen molar-refractivity contribution in [1.29, 1.82) is 0 Å². The normalized spacial score (nSPS) is 15.2. The Bertz CT molecular complexity index is 802. The minimum atomic E-state index is -0.289. The molecule has 4 N–H and O–H groups in total. The van der Waals surface area contributed by atoms with Crippen LogP contribution in [-0.2, 0) is 9.59 Å². The average Bonchev–Trinajstić information content (AvgIpc) is 2.98. The molecule has 2 aromatic rings. The third kappa shape index (κ3) is 4.95. The van der Waals surface area contributed by atoms with Crippen LogP contribution < -0.4 is 16.3 Å². The summed E-state index contributed by atoms with van der Waals surface area (Å²) in [5.41, 5.74) is 1.59. The minimum Gasteiger partial charge on any atom is -0.347 e. The number of fused-ring (bicyclic) bond motifs is 1. The summed E-state index contributed by atoms with van der Waals surface area (Å²) in [7, 11) is 0. The summed E-state index contributed by atoms with van der Waals surface area (Å²) in [6.45, 7) is -0.0504. The Hall–Kier alpha value is -2.57. The van der Waals surface area contributed by atoms with Crippen molar-refractivity contribution in [2.24, 2.45) is 5.92 Å². The van der Waals surface area contributed by atoms with Crippen molar-refractivity contribution in [3.05, 3.63) is 28.7 Å². The summed E-state index contributed by atoms with van der Waals surface area (Å²) in [6.07, 6.45) is 7.68. The molecule has 1 aliphatic carbocycles. The van der Waals surface area contributed by atoms with Crippen molar-refractivity contribution >= 4 is 28.5 Å². The monoisotopic (exact) mass is 344 g/mol. The highest BCUT2D eigenvalue weighted by atomic mass is 16.2. The lowest BCUT2D eigenvalue weighted by molar-refractivity contribution is -0.124. The van der Waals surface area contributed by atoms with Crippen LogP contribution in [0, 0.1) is 5.92 Å². The third-order valence-electron chi connectivity index (χ3n) is 4.75. The number of carbonyl (C=O) groups is 2. The molecular formula is C18H24N4O3. The average molecular weight is 344 g/mol. The quantitative estimate of drug-likeness (QED) is 0.646. The highest BCUT2D eigenvalue weighted by molar-refractivity contribution is 5.96. The number of nitrogens with one attached hydrogen (secondary N) is 4. The molecule has 0 aliphatic heterocycles. The molecule has 0 bridgehead atoms. The molecule has 0 saturated heterocycles. The fourth-order valence-corrected chi connectivity index (χ4v) is 3.39. The van der Waals surface area contributed by atoms with Crippen molar-refractivity contribution < 1.29 is 9.59 Å². The molecule has 1 aromatic heterocycles. The van der Waals surface area contributed by atoms with E-state index in [1.165, 1.54) is 32.1 Å². The maximum Gasteiger partial charge on any atom is 0.323 e. The predicted molar refractivity (Wildman–Crippen MR) is 96.4 cm³/mol. The molecule has 1 aromatic carbocycles. The summed E-state index contributed by atoms with van der Waals surface area (Å²) in [5.74, 6) is 0.290. The largest absolute Gasteiger partial charge is 0.347 e. The first-order valence-electron chi connectivity index (χ1n) is 8.89. The van der Waals surface area contributed by atoms with Gasteiger partial charge in [-0.1, -0.05) is 32.1 Å². The Kier molecular flexibility index (Phi) is 5.53. The SMILES string of the molecule is O=C(CCC1CCCCC1)NCC(=O)Nc1ccc2[nH]c(=O)[nH]c2c1. The topological polar surface area (TPSA) is 107 Å². The molecule has 3 rings (SSSR count). The van der Waals surface area contributed by atoms with E-state index < -0.39 is 0 Å². The van der Waals surface area contributed by atoms with Crippen molar-refractivity contribution in [2.45, 2.75) is 44.9 Å². The van der Waals surface area contributed by atoms with Gasteiger partial charge in [0.25, 0.3) is 0 Å². The second-order valence-corrected chi connectivity index (χ2v) is 6.71. The van der Waals surface area contributed by atoms with Crippen molar-refractivity contribution in [3.63, 3.8) is 0 Å². The Balaban J connectivity index is 1.42. The first-order chi connectivity index (χ1) is 12.1. The zero-order valence-corrected chi connectivity index (χ0v) is 14.2. The van der Waals surface area contributed by atoms with Gasteiger partial charge in [0.2, 0.25) is 11.8 Å². The number of imidazole rings is 1. The number of H-pyrrole nitrogens is 2. The molecule has 1 saturated carbocycles. The predicted octanol–water partition coefficient (Wildman–Crippen LogP) is 2.27. The fraction of sp³-hybridized carbons (Fsp3) is 0.500. The maximum absolute atomic E-state index is 12.0. The molecule has 0 atom stereocenters. The minimum absolute atomic E-state index is 0.0504. The van der Waals surface area contributed by atoms with E-state index in [1.807, 2.05) is 0 Å². The molecule has 0 radical (unpaired) electrons. The van der Waals surface area contributed by atoms with Gasteiger partial charge in [0.15, 0.2) is 0 Å². The van der Waals surface area contributed by atoms with Crippen molar-refractivity contribution in [2.75, 3.05) is 11.9 Å². The van der Waals surface area contributed by atoms with Crippen LogP contribution in [0.2, 0.25) is 0 Å². The van der Waals surface area contributed by atoms with Crippen LogP contribution in [0.1, 0.15) is 44.9 Å². The molecule has 7 heteroatoms. The summed E-state index contributed by atoms with van der Waals surface area (Å²) in [4.78, 5) is 40.4. The van der Waals surface area contributed by atoms with Gasteiger partial charge in [0.1, 0.15) is 0 Å². The third-order valence-corrected chi connectivity index (χ3v) is 4.75. The zero-order chi connectivity index (χ0) is 17.6. The Morgan fingerprint density at radius 1 is 1.04 bits per heavy atom. The lowest BCUT2D eigenvalue weighted by Crippen LogP contribution is -2.33. The van der Waals surface area contributed by atoms with Crippen LogP contribution in [0.4, 0.5) is 5.69 Å². The summed E-state index contributed by atoms with van der Waals surface area (Å²) in [5, 5.41) is 5.38. The van der Waals surface area contributed by atoms with Crippen LogP contribution >= 0.6 is 0 Å². The maximum atomic E-state index is 12.0. The van der Waals surface area contributed by atoms with Crippen molar-refractivity contribution in [1.82, 2.24) is 15.3 Å². The van der Waals surface area contributed by atoms with Crippen LogP contribution in [0.3, 0.4) is 0 Å². The van der Waals surface area contributed by atoms with Crippen LogP contribution in [-0.4, -0.2) is 28.3 Å². The van der Waals surface area contributed by atoms with E-state index in [0.717, 1.165) is 6.42 Å². The number of rotatable bonds is 6. The van der Waals surface area contributed by atoms with Gasteiger partial charge >= 0.3 is 5.69 Å². The Morgan fingerprint density at radius 2 is 1.80 bits per heavy atom. The fourth-order valence-electron chi connectivity index (χ4n) is 3.39. The molecule has 134 valence electrons. The molecule has 1 aliphatic rings. The molecule has 2 amide bonds. The highest BCUT2D eigenvalue weighted by Crippen LogP contribution is 2.27. The van der Waals surface area contributed by atoms with Gasteiger partial charge in [0, 0.05) is 12.1 Å². The van der Waals surface area contributed by atoms with Gasteiger partial charge in [-0.2, -0.15) is 0 Å². The van der Waals surface area contributed by atoms with Gasteiger partial charge < -0.3 is 20.6 Å². The van der Waals surface area contributed by atoms with Gasteiger partial charge in [-0.25, -0.2) is 4.79 Å². The summed E-state index contributed by atoms with van der Waals surface area (Å²) < 4.78 is 0. The van der Waals surface area contributed by atoms with Crippen molar-refractivity contribution in [3.8, 4) is 0 Å².